The third-order valence-corrected chi connectivity index (χ3v) is 4.33. The number of carbonyl (C=O) groups is 3. The molecule has 0 bridgehead atoms. The van der Waals surface area contributed by atoms with Gasteiger partial charge in [0.1, 0.15) is 11.4 Å². The van der Waals surface area contributed by atoms with Crippen LogP contribution in [0.2, 0.25) is 0 Å². The molecule has 0 saturated heterocycles. The number of nitrogens with zero attached hydrogens (tertiary/aromatic N) is 1. The van der Waals surface area contributed by atoms with Crippen LogP contribution in [-0.4, -0.2) is 34.9 Å². The minimum atomic E-state index is -0.496. The lowest BCUT2D eigenvalue weighted by Gasteiger charge is -2.09. The number of ketones is 1. The average molecular weight is 368 g/mol. The minimum Gasteiger partial charge on any atom is -0.506 e. The van der Waals surface area contributed by atoms with Gasteiger partial charge in [-0.2, -0.15) is 0 Å². The van der Waals surface area contributed by atoms with Crippen LogP contribution in [0.3, 0.4) is 0 Å². The lowest BCUT2D eigenvalue weighted by molar-refractivity contribution is -0.140. The number of rotatable bonds is 7. The van der Waals surface area contributed by atoms with Gasteiger partial charge in [0, 0.05) is 29.8 Å². The van der Waals surface area contributed by atoms with Crippen molar-refractivity contribution in [1.29, 1.82) is 0 Å². The number of amides is 1. The van der Waals surface area contributed by atoms with Crippen molar-refractivity contribution in [2.24, 2.45) is 5.92 Å². The number of Topliss-reactive ketones (excluding diaryl/α,β-unsaturated/α-hetero) is 1. The predicted octanol–water partition coefficient (Wildman–Crippen LogP) is 2.94. The van der Waals surface area contributed by atoms with Crippen LogP contribution in [0, 0.1) is 5.92 Å². The van der Waals surface area contributed by atoms with E-state index < -0.39 is 11.8 Å². The molecule has 140 valence electrons. The van der Waals surface area contributed by atoms with Crippen LogP contribution in [0.25, 0.3) is 11.1 Å². The Morgan fingerprint density at radius 3 is 2.63 bits per heavy atom. The van der Waals surface area contributed by atoms with Gasteiger partial charge in [-0.3, -0.25) is 14.4 Å². The Labute approximate surface area is 156 Å². The molecular formula is C20H20N2O5. The first-order chi connectivity index (χ1) is 13.0. The largest absolute Gasteiger partial charge is 0.506 e. The van der Waals surface area contributed by atoms with E-state index in [2.05, 4.69) is 15.0 Å². The Hall–Kier alpha value is -3.22. The summed E-state index contributed by atoms with van der Waals surface area (Å²) in [6.07, 6.45) is 3.17. The van der Waals surface area contributed by atoms with Crippen molar-refractivity contribution in [3.8, 4) is 16.9 Å². The van der Waals surface area contributed by atoms with Crippen LogP contribution in [-0.2, 0) is 14.3 Å². The zero-order chi connectivity index (χ0) is 19.4. The van der Waals surface area contributed by atoms with Gasteiger partial charge in [-0.05, 0) is 36.6 Å². The second-order valence-electron chi connectivity index (χ2n) is 6.44. The van der Waals surface area contributed by atoms with Crippen LogP contribution in [0.4, 0.5) is 5.69 Å². The standard InChI is InChI=1S/C20H20N2O5/c1-27-18(25)8-7-16(23)19-17(24)10-14(11-21-19)13-3-2-4-15(9-13)22-20(26)12-5-6-12/h2-4,9-12,24H,5-8H2,1H3,(H,22,26). The maximum absolute atomic E-state index is 12.1. The smallest absolute Gasteiger partial charge is 0.305 e. The maximum Gasteiger partial charge on any atom is 0.305 e. The second-order valence-corrected chi connectivity index (χ2v) is 6.44. The molecule has 1 amide bonds. The van der Waals surface area contributed by atoms with Crippen molar-refractivity contribution >= 4 is 23.3 Å². The summed E-state index contributed by atoms with van der Waals surface area (Å²) in [6, 6.07) is 8.64. The number of methoxy groups -OCH3 is 1. The van der Waals surface area contributed by atoms with E-state index in [1.807, 2.05) is 6.07 Å². The summed E-state index contributed by atoms with van der Waals surface area (Å²) < 4.78 is 4.50. The third-order valence-electron chi connectivity index (χ3n) is 4.33. The van der Waals surface area contributed by atoms with Gasteiger partial charge in [0.05, 0.1) is 13.5 Å². The molecule has 2 N–H and O–H groups in total. The summed E-state index contributed by atoms with van der Waals surface area (Å²) in [6.45, 7) is 0. The fourth-order valence-electron chi connectivity index (χ4n) is 2.63. The van der Waals surface area contributed by atoms with Crippen molar-refractivity contribution in [2.75, 3.05) is 12.4 Å². The van der Waals surface area contributed by atoms with Gasteiger partial charge in [-0.25, -0.2) is 4.98 Å². The molecule has 27 heavy (non-hydrogen) atoms. The Kier molecular flexibility index (Phi) is 5.49. The molecule has 0 unspecified atom stereocenters. The van der Waals surface area contributed by atoms with E-state index in [0.29, 0.717) is 11.3 Å². The topological polar surface area (TPSA) is 106 Å². The summed E-state index contributed by atoms with van der Waals surface area (Å²) in [5.74, 6) is -1.07. The average Bonchev–Trinajstić information content (AvgIpc) is 3.51. The van der Waals surface area contributed by atoms with Gasteiger partial charge in [-0.15, -0.1) is 0 Å². The summed E-state index contributed by atoms with van der Waals surface area (Å²) >= 11 is 0. The van der Waals surface area contributed by atoms with Gasteiger partial charge in [-0.1, -0.05) is 12.1 Å². The maximum atomic E-state index is 12.1. The number of anilines is 1. The Balaban J connectivity index is 1.74. The number of aromatic nitrogens is 1. The fourth-order valence-corrected chi connectivity index (χ4v) is 2.63. The molecular weight excluding hydrogens is 348 g/mol. The van der Waals surface area contributed by atoms with E-state index in [0.717, 1.165) is 18.4 Å². The number of aromatic hydroxyl groups is 1. The van der Waals surface area contributed by atoms with Crippen molar-refractivity contribution in [3.05, 3.63) is 42.2 Å². The van der Waals surface area contributed by atoms with Crippen LogP contribution in [0.5, 0.6) is 5.75 Å². The Morgan fingerprint density at radius 1 is 1.19 bits per heavy atom. The number of hydrogen-bond acceptors (Lipinski definition) is 6. The van der Waals surface area contributed by atoms with E-state index >= 15 is 0 Å². The van der Waals surface area contributed by atoms with E-state index in [1.54, 1.807) is 18.2 Å². The van der Waals surface area contributed by atoms with E-state index in [9.17, 15) is 19.5 Å². The third kappa shape index (κ3) is 4.69. The zero-order valence-corrected chi connectivity index (χ0v) is 14.9. The zero-order valence-electron chi connectivity index (χ0n) is 14.9. The van der Waals surface area contributed by atoms with Gasteiger partial charge < -0.3 is 15.2 Å². The molecule has 3 rings (SSSR count). The van der Waals surface area contributed by atoms with E-state index in [1.165, 1.54) is 19.4 Å². The van der Waals surface area contributed by atoms with E-state index in [4.69, 9.17) is 0 Å². The molecule has 1 heterocycles. The van der Waals surface area contributed by atoms with Crippen molar-refractivity contribution in [2.45, 2.75) is 25.7 Å². The molecule has 0 spiro atoms. The molecule has 0 radical (unpaired) electrons. The van der Waals surface area contributed by atoms with Crippen LogP contribution in [0.15, 0.2) is 36.5 Å². The molecule has 1 aromatic carbocycles. The predicted molar refractivity (Wildman–Crippen MR) is 98.3 cm³/mol. The molecule has 1 saturated carbocycles. The van der Waals surface area contributed by atoms with Crippen molar-refractivity contribution in [3.63, 3.8) is 0 Å². The lowest BCUT2D eigenvalue weighted by atomic mass is 10.0. The molecule has 7 heteroatoms. The van der Waals surface area contributed by atoms with Gasteiger partial charge in [0.2, 0.25) is 5.91 Å². The van der Waals surface area contributed by atoms with Gasteiger partial charge in [0.15, 0.2) is 5.78 Å². The lowest BCUT2D eigenvalue weighted by Crippen LogP contribution is -2.13. The summed E-state index contributed by atoms with van der Waals surface area (Å²) in [5, 5.41) is 13.0. The summed E-state index contributed by atoms with van der Waals surface area (Å²) in [5.41, 5.74) is 1.95. The van der Waals surface area contributed by atoms with Gasteiger partial charge >= 0.3 is 5.97 Å². The molecule has 1 aliphatic carbocycles. The summed E-state index contributed by atoms with van der Waals surface area (Å²) in [4.78, 5) is 39.2. The number of hydrogen-bond donors (Lipinski definition) is 2. The molecule has 7 nitrogen and oxygen atoms in total. The SMILES string of the molecule is COC(=O)CCC(=O)c1ncc(-c2cccc(NC(=O)C3CC3)c2)cc1O. The number of benzene rings is 1. The molecule has 1 fully saturated rings. The molecule has 0 aliphatic heterocycles. The van der Waals surface area contributed by atoms with Crippen LogP contribution < -0.4 is 5.32 Å². The summed E-state index contributed by atoms with van der Waals surface area (Å²) in [7, 11) is 1.25. The number of nitrogens with one attached hydrogen (secondary N) is 1. The molecule has 1 aromatic heterocycles. The molecule has 0 atom stereocenters. The molecule has 2 aromatic rings. The fraction of sp³-hybridized carbons (Fsp3) is 0.300. The number of ether oxygens (including phenoxy) is 1. The van der Waals surface area contributed by atoms with Crippen LogP contribution in [0.1, 0.15) is 36.2 Å². The molecule has 1 aliphatic rings. The van der Waals surface area contributed by atoms with Crippen molar-refractivity contribution in [1.82, 2.24) is 4.98 Å². The highest BCUT2D eigenvalue weighted by molar-refractivity contribution is 5.98. The Morgan fingerprint density at radius 2 is 1.96 bits per heavy atom. The monoisotopic (exact) mass is 368 g/mol. The van der Waals surface area contributed by atoms with Crippen LogP contribution >= 0.6 is 0 Å². The highest BCUT2D eigenvalue weighted by atomic mass is 16.5. The normalized spacial score (nSPS) is 13.1. The Bertz CT molecular complexity index is 890. The highest BCUT2D eigenvalue weighted by Crippen LogP contribution is 2.31. The highest BCUT2D eigenvalue weighted by Gasteiger charge is 2.29. The van der Waals surface area contributed by atoms with E-state index in [-0.39, 0.29) is 36.1 Å². The van der Waals surface area contributed by atoms with Gasteiger partial charge in [0.25, 0.3) is 0 Å². The first kappa shape index (κ1) is 18.6. The number of carbonyl (C=O) groups excluding carboxylic acids is 3. The minimum absolute atomic E-state index is 0.0136. The first-order valence-electron chi connectivity index (χ1n) is 8.68. The van der Waals surface area contributed by atoms with Crippen molar-refractivity contribution < 1.29 is 24.2 Å². The first-order valence-corrected chi connectivity index (χ1v) is 8.68. The number of pyridine rings is 1. The second kappa shape index (κ2) is 7.99. The number of esters is 1. The quantitative estimate of drug-likeness (QED) is 0.575.